The Morgan fingerprint density at radius 2 is 2.16 bits per heavy atom. The topological polar surface area (TPSA) is 63.4 Å². The summed E-state index contributed by atoms with van der Waals surface area (Å²) in [6, 6.07) is 2.48. The van der Waals surface area contributed by atoms with Crippen LogP contribution in [-0.2, 0) is 10.0 Å². The van der Waals surface area contributed by atoms with Crippen LogP contribution in [0.3, 0.4) is 0 Å². The van der Waals surface area contributed by atoms with E-state index in [0.717, 1.165) is 11.8 Å². The number of hydrogen-bond donors (Lipinski definition) is 1. The molecule has 0 amide bonds. The number of thioether (sulfide) groups is 1. The zero-order chi connectivity index (χ0) is 14.2. The normalized spacial score (nSPS) is 21.5. The first kappa shape index (κ1) is 14.6. The van der Waals surface area contributed by atoms with Crippen LogP contribution in [0.2, 0.25) is 0 Å². The molecule has 7 heteroatoms. The van der Waals surface area contributed by atoms with Gasteiger partial charge in [-0.25, -0.2) is 12.8 Å². The van der Waals surface area contributed by atoms with Crippen molar-refractivity contribution in [2.45, 2.75) is 24.0 Å². The zero-order valence-electron chi connectivity index (χ0n) is 10.9. The Bertz CT molecular complexity index is 590. The Hall–Kier alpha value is -0.790. The summed E-state index contributed by atoms with van der Waals surface area (Å²) >= 11 is 1.74. The first-order valence-electron chi connectivity index (χ1n) is 5.99. The minimum Gasteiger partial charge on any atom is -0.399 e. The molecule has 0 bridgehead atoms. The summed E-state index contributed by atoms with van der Waals surface area (Å²) in [6.45, 7) is 4.35. The van der Waals surface area contributed by atoms with E-state index in [2.05, 4.69) is 0 Å². The number of nitrogens with zero attached hydrogens (tertiary/aromatic N) is 1. The molecule has 1 aromatic rings. The van der Waals surface area contributed by atoms with Crippen molar-refractivity contribution >= 4 is 27.5 Å². The second kappa shape index (κ2) is 5.30. The SMILES string of the molecule is Cc1c(F)cc(N)cc1S(=O)(=O)N1CCSC(C)C1. The molecule has 19 heavy (non-hydrogen) atoms. The second-order valence-electron chi connectivity index (χ2n) is 4.67. The number of nitrogen functional groups attached to an aromatic ring is 1. The van der Waals surface area contributed by atoms with E-state index in [-0.39, 0.29) is 21.4 Å². The predicted molar refractivity (Wildman–Crippen MR) is 76.2 cm³/mol. The van der Waals surface area contributed by atoms with Gasteiger partial charge in [-0.05, 0) is 19.1 Å². The molecule has 0 saturated carbocycles. The van der Waals surface area contributed by atoms with Crippen molar-refractivity contribution in [1.29, 1.82) is 0 Å². The third kappa shape index (κ3) is 2.88. The minimum atomic E-state index is -3.67. The molecule has 1 aromatic carbocycles. The maximum absolute atomic E-state index is 13.6. The highest BCUT2D eigenvalue weighted by Crippen LogP contribution is 2.28. The van der Waals surface area contributed by atoms with Crippen molar-refractivity contribution < 1.29 is 12.8 Å². The maximum Gasteiger partial charge on any atom is 0.243 e. The molecule has 1 unspecified atom stereocenters. The molecule has 1 aliphatic rings. The number of sulfonamides is 1. The first-order valence-corrected chi connectivity index (χ1v) is 8.48. The van der Waals surface area contributed by atoms with Crippen molar-refractivity contribution in [2.75, 3.05) is 24.6 Å². The Morgan fingerprint density at radius 3 is 2.79 bits per heavy atom. The van der Waals surface area contributed by atoms with Crippen LogP contribution in [-0.4, -0.2) is 36.8 Å². The fourth-order valence-electron chi connectivity index (χ4n) is 2.09. The third-order valence-electron chi connectivity index (χ3n) is 3.14. The molecular formula is C12H17FN2O2S2. The summed E-state index contributed by atoms with van der Waals surface area (Å²) < 4.78 is 40.2. The summed E-state index contributed by atoms with van der Waals surface area (Å²) in [5.74, 6) is 0.169. The van der Waals surface area contributed by atoms with Gasteiger partial charge in [-0.15, -0.1) is 0 Å². The van der Waals surface area contributed by atoms with E-state index in [4.69, 9.17) is 5.73 Å². The summed E-state index contributed by atoms with van der Waals surface area (Å²) in [7, 11) is -3.67. The first-order chi connectivity index (χ1) is 8.82. The fourth-order valence-corrected chi connectivity index (χ4v) is 5.11. The van der Waals surface area contributed by atoms with Crippen LogP contribution in [0.15, 0.2) is 17.0 Å². The van der Waals surface area contributed by atoms with Crippen molar-refractivity contribution in [1.82, 2.24) is 4.31 Å². The molecule has 1 aliphatic heterocycles. The number of hydrogen-bond acceptors (Lipinski definition) is 4. The van der Waals surface area contributed by atoms with Gasteiger partial charge < -0.3 is 5.73 Å². The van der Waals surface area contributed by atoms with Gasteiger partial charge in [0.15, 0.2) is 0 Å². The van der Waals surface area contributed by atoms with Crippen LogP contribution in [0.5, 0.6) is 0 Å². The number of rotatable bonds is 2. The van der Waals surface area contributed by atoms with Crippen molar-refractivity contribution in [3.63, 3.8) is 0 Å². The average molecular weight is 304 g/mol. The van der Waals surface area contributed by atoms with E-state index in [1.165, 1.54) is 17.3 Å². The molecule has 2 rings (SSSR count). The van der Waals surface area contributed by atoms with Crippen LogP contribution in [0, 0.1) is 12.7 Å². The molecule has 2 N–H and O–H groups in total. The van der Waals surface area contributed by atoms with Crippen LogP contribution in [0.4, 0.5) is 10.1 Å². The summed E-state index contributed by atoms with van der Waals surface area (Å²) in [5, 5.41) is 0.245. The van der Waals surface area contributed by atoms with Crippen LogP contribution in [0.1, 0.15) is 12.5 Å². The Balaban J connectivity index is 2.45. The number of nitrogens with two attached hydrogens (primary N) is 1. The Kier molecular flexibility index (Phi) is 4.08. The van der Waals surface area contributed by atoms with E-state index >= 15 is 0 Å². The van der Waals surface area contributed by atoms with E-state index in [1.807, 2.05) is 6.92 Å². The number of anilines is 1. The lowest BCUT2D eigenvalue weighted by molar-refractivity contribution is 0.423. The quantitative estimate of drug-likeness (QED) is 0.847. The van der Waals surface area contributed by atoms with Crippen molar-refractivity contribution in [3.8, 4) is 0 Å². The standard InChI is InChI=1S/C12H17FN2O2S2/c1-8-7-15(3-4-18-8)19(16,17)12-6-10(14)5-11(13)9(12)2/h5-6,8H,3-4,7,14H2,1-2H3. The lowest BCUT2D eigenvalue weighted by atomic mass is 10.2. The predicted octanol–water partition coefficient (Wildman–Crippen LogP) is 1.84. The summed E-state index contributed by atoms with van der Waals surface area (Å²) in [5.41, 5.74) is 5.81. The van der Waals surface area contributed by atoms with E-state index in [0.29, 0.717) is 13.1 Å². The van der Waals surface area contributed by atoms with Crippen LogP contribution < -0.4 is 5.73 Å². The summed E-state index contributed by atoms with van der Waals surface area (Å²) in [4.78, 5) is -0.0240. The second-order valence-corrected chi connectivity index (χ2v) is 8.12. The van der Waals surface area contributed by atoms with Gasteiger partial charge in [0.2, 0.25) is 10.0 Å². The third-order valence-corrected chi connectivity index (χ3v) is 6.27. The molecule has 0 spiro atoms. The number of benzene rings is 1. The molecule has 4 nitrogen and oxygen atoms in total. The van der Waals surface area contributed by atoms with E-state index in [9.17, 15) is 12.8 Å². The summed E-state index contributed by atoms with van der Waals surface area (Å²) in [6.07, 6.45) is 0. The zero-order valence-corrected chi connectivity index (χ0v) is 12.5. The molecule has 1 atom stereocenters. The molecule has 106 valence electrons. The van der Waals surface area contributed by atoms with E-state index < -0.39 is 15.8 Å². The molecular weight excluding hydrogens is 287 g/mol. The van der Waals surface area contributed by atoms with Crippen molar-refractivity contribution in [2.24, 2.45) is 0 Å². The highest BCUT2D eigenvalue weighted by molar-refractivity contribution is 8.00. The monoisotopic (exact) mass is 304 g/mol. The van der Waals surface area contributed by atoms with Gasteiger partial charge in [0.1, 0.15) is 5.82 Å². The van der Waals surface area contributed by atoms with Gasteiger partial charge in [0.25, 0.3) is 0 Å². The molecule has 1 fully saturated rings. The van der Waals surface area contributed by atoms with Crippen LogP contribution >= 0.6 is 11.8 Å². The lowest BCUT2D eigenvalue weighted by Gasteiger charge is -2.30. The highest BCUT2D eigenvalue weighted by atomic mass is 32.2. The molecule has 1 saturated heterocycles. The molecule has 0 aromatic heterocycles. The van der Waals surface area contributed by atoms with Gasteiger partial charge in [-0.2, -0.15) is 16.1 Å². The van der Waals surface area contributed by atoms with Crippen molar-refractivity contribution in [3.05, 3.63) is 23.5 Å². The lowest BCUT2D eigenvalue weighted by Crippen LogP contribution is -2.41. The number of halogens is 1. The molecule has 1 heterocycles. The molecule has 0 aliphatic carbocycles. The Morgan fingerprint density at radius 1 is 1.47 bits per heavy atom. The smallest absolute Gasteiger partial charge is 0.243 e. The van der Waals surface area contributed by atoms with Gasteiger partial charge in [0, 0.05) is 35.3 Å². The maximum atomic E-state index is 13.6. The van der Waals surface area contributed by atoms with Gasteiger partial charge in [-0.3, -0.25) is 0 Å². The largest absolute Gasteiger partial charge is 0.399 e. The van der Waals surface area contributed by atoms with Crippen LogP contribution in [0.25, 0.3) is 0 Å². The van der Waals surface area contributed by atoms with Gasteiger partial charge in [-0.1, -0.05) is 6.92 Å². The van der Waals surface area contributed by atoms with E-state index in [1.54, 1.807) is 11.8 Å². The highest BCUT2D eigenvalue weighted by Gasteiger charge is 2.31. The fraction of sp³-hybridized carbons (Fsp3) is 0.500. The van der Waals surface area contributed by atoms with Gasteiger partial charge >= 0.3 is 0 Å². The average Bonchev–Trinajstić information content (AvgIpc) is 2.33. The molecule has 0 radical (unpaired) electrons. The van der Waals surface area contributed by atoms with Gasteiger partial charge in [0.05, 0.1) is 4.90 Å². The Labute approximate surface area is 117 Å². The minimum absolute atomic E-state index is 0.0240.